The van der Waals surface area contributed by atoms with Crippen molar-refractivity contribution in [2.24, 2.45) is 5.73 Å². The number of nitrogens with two attached hydrogens (primary N) is 1. The maximum Gasteiger partial charge on any atom is 0.339 e. The number of carbonyl (C=O) groups excluding carboxylic acids is 1. The Kier molecular flexibility index (Phi) is 15.9. The zero-order chi connectivity index (χ0) is 25.7. The van der Waals surface area contributed by atoms with Gasteiger partial charge in [0.15, 0.2) is 0 Å². The van der Waals surface area contributed by atoms with Gasteiger partial charge in [0.2, 0.25) is 5.88 Å². The van der Waals surface area contributed by atoms with Crippen molar-refractivity contribution in [1.82, 2.24) is 4.98 Å². The van der Waals surface area contributed by atoms with Crippen molar-refractivity contribution < 1.29 is 42.7 Å². The second-order valence-electron chi connectivity index (χ2n) is 7.15. The van der Waals surface area contributed by atoms with Gasteiger partial charge in [-0.25, -0.2) is 9.78 Å². The molecule has 0 aliphatic heterocycles. The summed E-state index contributed by atoms with van der Waals surface area (Å²) >= 11 is 0. The van der Waals surface area contributed by atoms with Gasteiger partial charge in [0, 0.05) is 24.9 Å². The Morgan fingerprint density at radius 1 is 0.750 bits per heavy atom. The number of carbonyl (C=O) groups is 1. The lowest BCUT2D eigenvalue weighted by atomic mass is 10.3. The summed E-state index contributed by atoms with van der Waals surface area (Å²) in [6.45, 7) is 5.91. The second-order valence-corrected chi connectivity index (χ2v) is 7.15. The molecule has 1 aromatic carbocycles. The summed E-state index contributed by atoms with van der Waals surface area (Å²) in [4.78, 5) is 15.6. The Bertz CT molecular complexity index is 837. The molecule has 0 spiro atoms. The molecule has 0 saturated heterocycles. The molecule has 1 heterocycles. The van der Waals surface area contributed by atoms with Crippen LogP contribution >= 0.6 is 0 Å². The molecule has 0 atom stereocenters. The van der Waals surface area contributed by atoms with E-state index in [1.807, 2.05) is 12.1 Å². The minimum atomic E-state index is -0.453. The van der Waals surface area contributed by atoms with Gasteiger partial charge in [-0.3, -0.25) is 0 Å². The van der Waals surface area contributed by atoms with Gasteiger partial charge in [-0.2, -0.15) is 0 Å². The van der Waals surface area contributed by atoms with Crippen LogP contribution in [0.1, 0.15) is 10.4 Å². The van der Waals surface area contributed by atoms with Crippen molar-refractivity contribution >= 4 is 5.97 Å². The Hall–Kier alpha value is -2.80. The maximum atomic E-state index is 11.5. The van der Waals surface area contributed by atoms with Crippen LogP contribution in [0.2, 0.25) is 0 Å². The fourth-order valence-corrected chi connectivity index (χ4v) is 2.71. The van der Waals surface area contributed by atoms with Crippen molar-refractivity contribution in [3.05, 3.63) is 48.2 Å². The largest absolute Gasteiger partial charge is 0.491 e. The van der Waals surface area contributed by atoms with E-state index in [1.54, 1.807) is 24.3 Å². The first kappa shape index (κ1) is 29.4. The van der Waals surface area contributed by atoms with Gasteiger partial charge in [-0.15, -0.1) is 0 Å². The van der Waals surface area contributed by atoms with E-state index in [0.29, 0.717) is 102 Å². The number of hydrogen-bond acceptors (Lipinski definition) is 11. The van der Waals surface area contributed by atoms with E-state index in [-0.39, 0.29) is 0 Å². The van der Waals surface area contributed by atoms with Crippen LogP contribution in [0.4, 0.5) is 0 Å². The van der Waals surface area contributed by atoms with E-state index in [0.717, 1.165) is 0 Å². The third kappa shape index (κ3) is 13.3. The fourth-order valence-electron chi connectivity index (χ4n) is 2.71. The lowest BCUT2D eigenvalue weighted by molar-refractivity contribution is -0.0122. The first-order valence-electron chi connectivity index (χ1n) is 11.8. The molecule has 2 rings (SSSR count). The molecule has 11 heteroatoms. The summed E-state index contributed by atoms with van der Waals surface area (Å²) < 4.78 is 43.0. The van der Waals surface area contributed by atoms with Crippen molar-refractivity contribution in [2.45, 2.75) is 0 Å². The zero-order valence-corrected chi connectivity index (χ0v) is 20.7. The number of hydrogen-bond donors (Lipinski definition) is 1. The Labute approximate surface area is 211 Å². The molecule has 11 nitrogen and oxygen atoms in total. The minimum Gasteiger partial charge on any atom is -0.491 e. The Balaban J connectivity index is 1.45. The molecule has 1 aromatic heterocycles. The van der Waals surface area contributed by atoms with Crippen molar-refractivity contribution in [2.75, 3.05) is 86.3 Å². The third-order valence-electron chi connectivity index (χ3n) is 4.43. The van der Waals surface area contributed by atoms with E-state index in [9.17, 15) is 4.79 Å². The van der Waals surface area contributed by atoms with Crippen LogP contribution in [-0.2, 0) is 28.4 Å². The zero-order valence-electron chi connectivity index (χ0n) is 20.7. The van der Waals surface area contributed by atoms with E-state index in [1.165, 1.54) is 13.3 Å². The van der Waals surface area contributed by atoms with Gasteiger partial charge in [-0.1, -0.05) is 6.07 Å². The molecule has 2 aromatic rings. The normalized spacial score (nSPS) is 10.8. The fraction of sp³-hybridized carbons (Fsp3) is 0.520. The predicted molar refractivity (Wildman–Crippen MR) is 131 cm³/mol. The average molecular weight is 509 g/mol. The Morgan fingerprint density at radius 3 is 1.83 bits per heavy atom. The number of pyridine rings is 1. The van der Waals surface area contributed by atoms with Crippen LogP contribution in [0, 0.1) is 0 Å². The number of rotatable bonds is 21. The molecule has 0 fully saturated rings. The molecule has 0 amide bonds. The van der Waals surface area contributed by atoms with Crippen LogP contribution in [0.25, 0.3) is 0 Å². The molecule has 0 unspecified atom stereocenters. The second kappa shape index (κ2) is 19.4. The molecule has 36 heavy (non-hydrogen) atoms. The highest BCUT2D eigenvalue weighted by Crippen LogP contribution is 2.24. The summed E-state index contributed by atoms with van der Waals surface area (Å²) in [7, 11) is 1.32. The van der Waals surface area contributed by atoms with Gasteiger partial charge in [0.1, 0.15) is 18.1 Å². The third-order valence-corrected chi connectivity index (χ3v) is 4.43. The predicted octanol–water partition coefficient (Wildman–Crippen LogP) is 2.08. The van der Waals surface area contributed by atoms with Crippen LogP contribution in [0.3, 0.4) is 0 Å². The van der Waals surface area contributed by atoms with Gasteiger partial charge in [0.25, 0.3) is 0 Å². The van der Waals surface area contributed by atoms with Crippen molar-refractivity contribution in [3.63, 3.8) is 0 Å². The summed E-state index contributed by atoms with van der Waals surface area (Å²) in [5.74, 6) is 1.10. The summed E-state index contributed by atoms with van der Waals surface area (Å²) in [6.07, 6.45) is 1.40. The minimum absolute atomic E-state index is 0.350. The average Bonchev–Trinajstić information content (AvgIpc) is 2.90. The molecular formula is C25H36N2O9. The molecule has 200 valence electrons. The van der Waals surface area contributed by atoms with Gasteiger partial charge in [0.05, 0.1) is 78.7 Å². The lowest BCUT2D eigenvalue weighted by Crippen LogP contribution is -2.15. The number of nitrogens with zero attached hydrogens (tertiary/aromatic N) is 1. The summed E-state index contributed by atoms with van der Waals surface area (Å²) in [5, 5.41) is 0. The van der Waals surface area contributed by atoms with Crippen LogP contribution in [0.15, 0.2) is 42.6 Å². The SMILES string of the molecule is COC(=O)c1ccc(Oc2cccc(OCCOCCOCCOCCOCCOCCN)c2)nc1. The number of benzene rings is 1. The highest BCUT2D eigenvalue weighted by Gasteiger charge is 2.07. The van der Waals surface area contributed by atoms with E-state index >= 15 is 0 Å². The van der Waals surface area contributed by atoms with Crippen molar-refractivity contribution in [1.29, 1.82) is 0 Å². The van der Waals surface area contributed by atoms with Crippen LogP contribution in [0.5, 0.6) is 17.4 Å². The number of esters is 1. The van der Waals surface area contributed by atoms with E-state index < -0.39 is 5.97 Å². The lowest BCUT2D eigenvalue weighted by Gasteiger charge is -2.10. The number of aromatic nitrogens is 1. The van der Waals surface area contributed by atoms with Crippen LogP contribution < -0.4 is 15.2 Å². The Morgan fingerprint density at radius 2 is 1.31 bits per heavy atom. The molecule has 0 saturated carbocycles. The van der Waals surface area contributed by atoms with E-state index in [2.05, 4.69) is 9.72 Å². The standard InChI is InChI=1S/C25H36N2O9/c1-29-25(28)21-5-6-24(27-20-21)36-23-4-2-3-22(19-23)35-18-17-34-16-15-33-14-13-32-12-11-31-10-9-30-8-7-26/h2-6,19-20H,7-18,26H2,1H3. The van der Waals surface area contributed by atoms with Gasteiger partial charge in [-0.05, 0) is 18.2 Å². The van der Waals surface area contributed by atoms with Crippen molar-refractivity contribution in [3.8, 4) is 17.4 Å². The van der Waals surface area contributed by atoms with Crippen LogP contribution in [-0.4, -0.2) is 97.3 Å². The molecule has 0 aliphatic carbocycles. The first-order valence-corrected chi connectivity index (χ1v) is 11.8. The highest BCUT2D eigenvalue weighted by atomic mass is 16.6. The smallest absolute Gasteiger partial charge is 0.339 e. The number of ether oxygens (including phenoxy) is 8. The molecule has 0 bridgehead atoms. The molecule has 2 N–H and O–H groups in total. The maximum absolute atomic E-state index is 11.5. The molecule has 0 radical (unpaired) electrons. The first-order chi connectivity index (χ1) is 17.7. The number of methoxy groups -OCH3 is 1. The topological polar surface area (TPSA) is 130 Å². The monoisotopic (exact) mass is 508 g/mol. The van der Waals surface area contributed by atoms with Gasteiger partial charge < -0.3 is 43.6 Å². The summed E-state index contributed by atoms with van der Waals surface area (Å²) in [5.41, 5.74) is 5.67. The van der Waals surface area contributed by atoms with Gasteiger partial charge >= 0.3 is 5.97 Å². The van der Waals surface area contributed by atoms with E-state index in [4.69, 9.17) is 38.9 Å². The molecular weight excluding hydrogens is 472 g/mol. The molecule has 0 aliphatic rings. The summed E-state index contributed by atoms with van der Waals surface area (Å²) in [6, 6.07) is 10.4. The quantitative estimate of drug-likeness (QED) is 0.196. The highest BCUT2D eigenvalue weighted by molar-refractivity contribution is 5.88.